The molecule has 0 atom stereocenters. The molecule has 0 radical (unpaired) electrons. The molecule has 3 aromatic carbocycles. The zero-order valence-corrected chi connectivity index (χ0v) is 18.6. The molecule has 32 heavy (non-hydrogen) atoms. The molecule has 0 unspecified atom stereocenters. The van der Waals surface area contributed by atoms with E-state index in [1.165, 1.54) is 4.68 Å². The zero-order chi connectivity index (χ0) is 22.3. The van der Waals surface area contributed by atoms with Crippen LogP contribution in [-0.2, 0) is 19.5 Å². The van der Waals surface area contributed by atoms with E-state index in [-0.39, 0.29) is 12.3 Å². The van der Waals surface area contributed by atoms with Crippen LogP contribution in [-0.4, -0.2) is 20.7 Å². The van der Waals surface area contributed by atoms with Gasteiger partial charge in [-0.3, -0.25) is 4.79 Å². The van der Waals surface area contributed by atoms with Crippen molar-refractivity contribution in [1.29, 1.82) is 0 Å². The first-order valence-corrected chi connectivity index (χ1v) is 10.8. The van der Waals surface area contributed by atoms with Crippen LogP contribution in [0.15, 0.2) is 78.9 Å². The molecule has 0 saturated carbocycles. The summed E-state index contributed by atoms with van der Waals surface area (Å²) in [4.78, 5) is 17.5. The summed E-state index contributed by atoms with van der Waals surface area (Å²) in [5.41, 5.74) is 2.86. The number of halogens is 2. The lowest BCUT2D eigenvalue weighted by Crippen LogP contribution is -2.18. The summed E-state index contributed by atoms with van der Waals surface area (Å²) in [5.74, 6) is 0.521. The van der Waals surface area contributed by atoms with Crippen molar-refractivity contribution in [3.05, 3.63) is 106 Å². The summed E-state index contributed by atoms with van der Waals surface area (Å²) in [5, 5.41) is 12.1. The van der Waals surface area contributed by atoms with Gasteiger partial charge < -0.3 is 10.6 Å². The van der Waals surface area contributed by atoms with Crippen LogP contribution in [0.5, 0.6) is 0 Å². The highest BCUT2D eigenvalue weighted by molar-refractivity contribution is 6.30. The second-order valence-electron chi connectivity index (χ2n) is 7.19. The average Bonchev–Trinajstić information content (AvgIpc) is 3.20. The minimum Gasteiger partial charge on any atom is -0.350 e. The van der Waals surface area contributed by atoms with Gasteiger partial charge >= 0.3 is 0 Å². The first-order chi connectivity index (χ1) is 15.6. The monoisotopic (exact) mass is 465 g/mol. The number of hydrogen-bond acceptors (Lipinski definition) is 5. The van der Waals surface area contributed by atoms with Crippen LogP contribution >= 0.6 is 23.2 Å². The Balaban J connectivity index is 1.53. The molecule has 4 rings (SSSR count). The topological polar surface area (TPSA) is 71.8 Å². The van der Waals surface area contributed by atoms with Crippen molar-refractivity contribution in [2.45, 2.75) is 19.5 Å². The standard InChI is InChI=1S/C24H21Cl2N5O/c25-20-10-4-8-18(12-20)15-27-23-29-24(28-16-19-9-5-11-21(26)13-19)31(30-23)22(32)14-17-6-2-1-3-7-17/h1-13H,14-16H2,(H2,27,28,29,30). The number of nitrogens with zero attached hydrogens (tertiary/aromatic N) is 3. The number of carbonyl (C=O) groups is 1. The van der Waals surface area contributed by atoms with Gasteiger partial charge in [0, 0.05) is 23.1 Å². The lowest BCUT2D eigenvalue weighted by atomic mass is 10.1. The highest BCUT2D eigenvalue weighted by Crippen LogP contribution is 2.16. The summed E-state index contributed by atoms with van der Waals surface area (Å²) in [6, 6.07) is 24.6. The third kappa shape index (κ3) is 5.87. The summed E-state index contributed by atoms with van der Waals surface area (Å²) in [6.45, 7) is 0.927. The van der Waals surface area contributed by atoms with Gasteiger partial charge in [0.05, 0.1) is 6.42 Å². The molecule has 0 amide bonds. The van der Waals surface area contributed by atoms with Gasteiger partial charge in [-0.25, -0.2) is 0 Å². The Labute approximate surface area is 196 Å². The molecule has 0 fully saturated rings. The highest BCUT2D eigenvalue weighted by atomic mass is 35.5. The lowest BCUT2D eigenvalue weighted by Gasteiger charge is -2.07. The van der Waals surface area contributed by atoms with E-state index < -0.39 is 0 Å². The number of nitrogens with one attached hydrogen (secondary N) is 2. The van der Waals surface area contributed by atoms with Gasteiger partial charge in [-0.2, -0.15) is 9.67 Å². The van der Waals surface area contributed by atoms with Crippen molar-refractivity contribution in [1.82, 2.24) is 14.8 Å². The fourth-order valence-corrected chi connectivity index (χ4v) is 3.60. The van der Waals surface area contributed by atoms with Gasteiger partial charge in [0.15, 0.2) is 0 Å². The van der Waals surface area contributed by atoms with E-state index in [2.05, 4.69) is 20.7 Å². The van der Waals surface area contributed by atoms with Gasteiger partial charge in [-0.1, -0.05) is 77.8 Å². The van der Waals surface area contributed by atoms with E-state index >= 15 is 0 Å². The third-order valence-electron chi connectivity index (χ3n) is 4.72. The minimum atomic E-state index is -0.187. The number of anilines is 2. The maximum absolute atomic E-state index is 13.0. The molecule has 162 valence electrons. The molecule has 0 aliphatic rings. The van der Waals surface area contributed by atoms with E-state index in [9.17, 15) is 4.79 Å². The van der Waals surface area contributed by atoms with E-state index in [0.717, 1.165) is 16.7 Å². The Bertz CT molecular complexity index is 1210. The van der Waals surface area contributed by atoms with Crippen molar-refractivity contribution >= 4 is 41.0 Å². The Morgan fingerprint density at radius 2 is 1.38 bits per heavy atom. The van der Waals surface area contributed by atoms with E-state index in [4.69, 9.17) is 23.2 Å². The predicted molar refractivity (Wildman–Crippen MR) is 128 cm³/mol. The molecule has 0 aliphatic carbocycles. The Morgan fingerprint density at radius 1 is 0.781 bits per heavy atom. The molecule has 2 N–H and O–H groups in total. The zero-order valence-electron chi connectivity index (χ0n) is 17.1. The second kappa shape index (κ2) is 10.3. The van der Waals surface area contributed by atoms with E-state index in [1.54, 1.807) is 0 Å². The molecule has 0 spiro atoms. The average molecular weight is 466 g/mol. The summed E-state index contributed by atoms with van der Waals surface area (Å²) >= 11 is 12.1. The van der Waals surface area contributed by atoms with E-state index in [1.807, 2.05) is 78.9 Å². The Kier molecular flexibility index (Phi) is 7.04. The maximum Gasteiger partial charge on any atom is 0.254 e. The summed E-state index contributed by atoms with van der Waals surface area (Å²) < 4.78 is 1.30. The number of rotatable bonds is 8. The molecular formula is C24H21Cl2N5O. The first-order valence-electron chi connectivity index (χ1n) is 10.1. The molecule has 1 aromatic heterocycles. The van der Waals surface area contributed by atoms with Crippen LogP contribution in [0, 0.1) is 0 Å². The fourth-order valence-electron chi connectivity index (χ4n) is 3.18. The maximum atomic E-state index is 13.0. The molecule has 4 aromatic rings. The SMILES string of the molecule is O=C(Cc1ccccc1)n1nc(NCc2cccc(Cl)c2)nc1NCc1cccc(Cl)c1. The molecule has 0 saturated heterocycles. The molecule has 8 heteroatoms. The predicted octanol–water partition coefficient (Wildman–Crippen LogP) is 5.69. The molecule has 1 heterocycles. The van der Waals surface area contributed by atoms with E-state index in [0.29, 0.717) is 35.0 Å². The molecule has 0 aliphatic heterocycles. The number of benzene rings is 3. The van der Waals surface area contributed by atoms with Crippen LogP contribution in [0.2, 0.25) is 10.0 Å². The Hall–Kier alpha value is -3.35. The molecular weight excluding hydrogens is 445 g/mol. The number of hydrogen-bond donors (Lipinski definition) is 2. The van der Waals surface area contributed by atoms with Gasteiger partial charge in [0.2, 0.25) is 11.9 Å². The quantitative estimate of drug-likeness (QED) is 0.349. The van der Waals surface area contributed by atoms with Crippen LogP contribution in [0.4, 0.5) is 11.9 Å². The first kappa shape index (κ1) is 21.9. The largest absolute Gasteiger partial charge is 0.350 e. The summed E-state index contributed by atoms with van der Waals surface area (Å²) in [6.07, 6.45) is 0.212. The molecule has 6 nitrogen and oxygen atoms in total. The van der Waals surface area contributed by atoms with Crippen LogP contribution in [0.3, 0.4) is 0 Å². The van der Waals surface area contributed by atoms with Crippen molar-refractivity contribution in [3.8, 4) is 0 Å². The van der Waals surface area contributed by atoms with Crippen molar-refractivity contribution in [3.63, 3.8) is 0 Å². The summed E-state index contributed by atoms with van der Waals surface area (Å²) in [7, 11) is 0. The Morgan fingerprint density at radius 3 is 2.00 bits per heavy atom. The van der Waals surface area contributed by atoms with Crippen LogP contribution in [0.1, 0.15) is 21.5 Å². The minimum absolute atomic E-state index is 0.187. The van der Waals surface area contributed by atoms with Gasteiger partial charge in [-0.05, 0) is 41.0 Å². The van der Waals surface area contributed by atoms with Gasteiger partial charge in [0.25, 0.3) is 5.91 Å². The highest BCUT2D eigenvalue weighted by Gasteiger charge is 2.17. The van der Waals surface area contributed by atoms with Crippen molar-refractivity contribution in [2.75, 3.05) is 10.6 Å². The normalized spacial score (nSPS) is 10.7. The van der Waals surface area contributed by atoms with Crippen molar-refractivity contribution in [2.24, 2.45) is 0 Å². The third-order valence-corrected chi connectivity index (χ3v) is 5.19. The smallest absolute Gasteiger partial charge is 0.254 e. The number of carbonyl (C=O) groups excluding carboxylic acids is 1. The van der Waals surface area contributed by atoms with Gasteiger partial charge in [0.1, 0.15) is 0 Å². The second-order valence-corrected chi connectivity index (χ2v) is 8.07. The fraction of sp³-hybridized carbons (Fsp3) is 0.125. The number of aromatic nitrogens is 3. The van der Waals surface area contributed by atoms with Crippen LogP contribution in [0.25, 0.3) is 0 Å². The van der Waals surface area contributed by atoms with Crippen molar-refractivity contribution < 1.29 is 4.79 Å². The lowest BCUT2D eigenvalue weighted by molar-refractivity contribution is 0.0901. The molecule has 0 bridgehead atoms. The van der Waals surface area contributed by atoms with Crippen LogP contribution < -0.4 is 10.6 Å². The van der Waals surface area contributed by atoms with Gasteiger partial charge in [-0.15, -0.1) is 5.10 Å².